The lowest BCUT2D eigenvalue weighted by atomic mass is 9.44. The second-order valence-corrected chi connectivity index (χ2v) is 15.2. The molecule has 0 bridgehead atoms. The van der Waals surface area contributed by atoms with Gasteiger partial charge in [-0.1, -0.05) is 68.9 Å². The van der Waals surface area contributed by atoms with Crippen molar-refractivity contribution in [2.75, 3.05) is 0 Å². The Morgan fingerprint density at radius 2 is 1.77 bits per heavy atom. The molecule has 3 saturated carbocycles. The Balaban J connectivity index is 1.59. The smallest absolute Gasteiger partial charge is 0.306 e. The average Bonchev–Trinajstić information content (AvgIpc) is 3.17. The summed E-state index contributed by atoms with van der Waals surface area (Å²) in [4.78, 5) is 53.3. The normalized spacial score (nSPS) is 40.2. The van der Waals surface area contributed by atoms with E-state index in [2.05, 4.69) is 0 Å². The van der Waals surface area contributed by atoms with Crippen LogP contribution in [0.3, 0.4) is 0 Å². The number of ketones is 2. The summed E-state index contributed by atoms with van der Waals surface area (Å²) in [7, 11) is 0. The van der Waals surface area contributed by atoms with Crippen molar-refractivity contribution in [1.82, 2.24) is 0 Å². The molecule has 4 unspecified atom stereocenters. The molecule has 4 aliphatic rings. The summed E-state index contributed by atoms with van der Waals surface area (Å²) in [5, 5.41) is 11.2. The Labute approximate surface area is 255 Å². The molecule has 9 heteroatoms. The topological polar surface area (TPSA) is 97.7 Å². The first kappa shape index (κ1) is 31.8. The van der Waals surface area contributed by atoms with E-state index < -0.39 is 73.7 Å². The van der Waals surface area contributed by atoms with Crippen LogP contribution in [0.5, 0.6) is 0 Å². The molecule has 1 aromatic rings. The molecule has 3 fully saturated rings. The summed E-state index contributed by atoms with van der Waals surface area (Å²) >= 11 is 0.786. The Kier molecular flexibility index (Phi) is 7.73. The van der Waals surface area contributed by atoms with Crippen LogP contribution in [0.2, 0.25) is 0 Å². The van der Waals surface area contributed by atoms with Gasteiger partial charge in [-0.05, 0) is 63.7 Å². The van der Waals surface area contributed by atoms with Crippen molar-refractivity contribution >= 4 is 34.4 Å². The number of ether oxygens (including phenoxy) is 1. The quantitative estimate of drug-likeness (QED) is 0.303. The number of carbonyl (C=O) groups excluding carboxylic acids is 4. The molecule has 0 aromatic heterocycles. The summed E-state index contributed by atoms with van der Waals surface area (Å²) in [5.74, 6) is -3.61. The first-order chi connectivity index (χ1) is 20.0. The van der Waals surface area contributed by atoms with E-state index in [0.717, 1.165) is 17.8 Å². The number of carbonyl (C=O) groups is 4. The van der Waals surface area contributed by atoms with Crippen LogP contribution in [-0.4, -0.2) is 56.1 Å². The monoisotopic (exact) mass is 614 g/mol. The number of allylic oxidation sites excluding steroid dienone is 4. The molecule has 9 atom stereocenters. The van der Waals surface area contributed by atoms with Gasteiger partial charge in [0.1, 0.15) is 6.17 Å². The largest absolute Gasteiger partial charge is 0.449 e. The van der Waals surface area contributed by atoms with Crippen molar-refractivity contribution in [3.8, 4) is 0 Å². The zero-order valence-electron chi connectivity index (χ0n) is 25.5. The number of aliphatic hydroxyl groups excluding tert-OH is 1. The molecule has 0 saturated heterocycles. The van der Waals surface area contributed by atoms with Crippen molar-refractivity contribution in [3.63, 3.8) is 0 Å². The van der Waals surface area contributed by atoms with Crippen LogP contribution in [0.25, 0.3) is 0 Å². The summed E-state index contributed by atoms with van der Waals surface area (Å²) < 4.78 is 38.4. The van der Waals surface area contributed by atoms with Crippen molar-refractivity contribution in [2.24, 2.45) is 28.6 Å². The minimum absolute atomic E-state index is 0.0175. The number of hydrogen-bond donors (Lipinski definition) is 1. The molecule has 0 heterocycles. The van der Waals surface area contributed by atoms with Gasteiger partial charge in [0.15, 0.2) is 22.8 Å². The standard InChI is InChI=1S/C34H40F2O6S/c1-7-27(39)42-34(29(41)43-30(3,4)28(40)20-11-9-8-10-12-20)19(2)15-22-23-17-25(35)24-16-21(37)13-14-31(24,5)33(23,36)26(38)18-32(22,34)6/h8-14,16,19,22-23,25-26,38H,7,15,17-18H2,1-6H3/t19-,22?,23?,25+,26+,31?,32?,33+,34+/m1/s1. The van der Waals surface area contributed by atoms with E-state index in [0.29, 0.717) is 5.56 Å². The summed E-state index contributed by atoms with van der Waals surface area (Å²) in [5.41, 5.74) is -6.51. The lowest BCUT2D eigenvalue weighted by Gasteiger charge is -2.63. The number of hydrogen-bond acceptors (Lipinski definition) is 7. The second-order valence-electron chi connectivity index (χ2n) is 13.7. The Morgan fingerprint density at radius 1 is 1.12 bits per heavy atom. The number of alkyl halides is 2. The third kappa shape index (κ3) is 4.35. The average molecular weight is 615 g/mol. The number of Topliss-reactive ketones (excluding diaryl/α,β-unsaturated/α-hetero) is 1. The van der Waals surface area contributed by atoms with Crippen molar-refractivity contribution < 1.29 is 37.8 Å². The molecule has 6 nitrogen and oxygen atoms in total. The zero-order chi connectivity index (χ0) is 31.8. The number of fused-ring (bicyclic) bond motifs is 5. The van der Waals surface area contributed by atoms with E-state index in [1.165, 1.54) is 19.1 Å². The van der Waals surface area contributed by atoms with Gasteiger partial charge >= 0.3 is 5.97 Å². The number of benzene rings is 1. The molecule has 1 aromatic carbocycles. The maximum atomic E-state index is 17.7. The van der Waals surface area contributed by atoms with Gasteiger partial charge in [-0.25, -0.2) is 8.78 Å². The van der Waals surface area contributed by atoms with Gasteiger partial charge in [-0.2, -0.15) is 0 Å². The third-order valence-electron chi connectivity index (χ3n) is 11.0. The number of rotatable bonds is 6. The van der Waals surface area contributed by atoms with E-state index in [-0.39, 0.29) is 37.0 Å². The van der Waals surface area contributed by atoms with Crippen LogP contribution in [0, 0.1) is 28.6 Å². The van der Waals surface area contributed by atoms with Crippen LogP contribution in [0.1, 0.15) is 77.6 Å². The summed E-state index contributed by atoms with van der Waals surface area (Å²) in [6, 6.07) is 8.60. The maximum absolute atomic E-state index is 17.7. The second kappa shape index (κ2) is 10.5. The van der Waals surface area contributed by atoms with Gasteiger partial charge < -0.3 is 9.84 Å². The van der Waals surface area contributed by atoms with Crippen molar-refractivity contribution in [1.29, 1.82) is 0 Å². The lowest BCUT2D eigenvalue weighted by Crippen LogP contribution is -2.70. The minimum Gasteiger partial charge on any atom is -0.449 e. The highest BCUT2D eigenvalue weighted by Crippen LogP contribution is 2.72. The molecule has 0 amide bonds. The number of esters is 1. The molecule has 4 aliphatic carbocycles. The molecule has 5 rings (SSSR count). The molecule has 43 heavy (non-hydrogen) atoms. The first-order valence-corrected chi connectivity index (χ1v) is 15.8. The summed E-state index contributed by atoms with van der Waals surface area (Å²) in [6.07, 6.45) is 0.175. The minimum atomic E-state index is -2.33. The lowest BCUT2D eigenvalue weighted by molar-refractivity contribution is -0.228. The number of halogens is 2. The zero-order valence-corrected chi connectivity index (χ0v) is 26.3. The first-order valence-electron chi connectivity index (χ1n) is 15.0. The highest BCUT2D eigenvalue weighted by atomic mass is 32.2. The van der Waals surface area contributed by atoms with Crippen LogP contribution < -0.4 is 0 Å². The molecule has 0 radical (unpaired) electrons. The molecule has 0 aliphatic heterocycles. The molecule has 0 spiro atoms. The van der Waals surface area contributed by atoms with Gasteiger partial charge in [0.2, 0.25) is 5.12 Å². The third-order valence-corrected chi connectivity index (χ3v) is 12.2. The van der Waals surface area contributed by atoms with E-state index in [1.54, 1.807) is 65.0 Å². The Bertz CT molecular complexity index is 1420. The van der Waals surface area contributed by atoms with E-state index in [1.807, 2.05) is 0 Å². The van der Waals surface area contributed by atoms with Gasteiger partial charge in [-0.3, -0.25) is 19.2 Å². The fraction of sp³-hybridized carbons (Fsp3) is 0.588. The van der Waals surface area contributed by atoms with Gasteiger partial charge in [0, 0.05) is 34.7 Å². The highest BCUT2D eigenvalue weighted by Gasteiger charge is 2.78. The fourth-order valence-electron chi connectivity index (χ4n) is 8.76. The predicted octanol–water partition coefficient (Wildman–Crippen LogP) is 6.16. The molecular formula is C34H40F2O6S. The SMILES string of the molecule is CCC(=O)O[C@]1(C(=O)SC(C)(C)C(=O)c2ccccc2)[C@H](C)CC2C3C[C@H](F)C4=CC(=O)C=CC4(C)[C@@]3(F)[C@@H](O)CC21C. The molecule has 1 N–H and O–H groups in total. The van der Waals surface area contributed by atoms with Crippen molar-refractivity contribution in [3.05, 3.63) is 59.7 Å². The maximum Gasteiger partial charge on any atom is 0.306 e. The van der Waals surface area contributed by atoms with Gasteiger partial charge in [0.05, 0.1) is 10.9 Å². The molecular weight excluding hydrogens is 574 g/mol. The van der Waals surface area contributed by atoms with Gasteiger partial charge in [0.25, 0.3) is 0 Å². The van der Waals surface area contributed by atoms with Gasteiger partial charge in [-0.15, -0.1) is 0 Å². The van der Waals surface area contributed by atoms with Crippen LogP contribution >= 0.6 is 11.8 Å². The van der Waals surface area contributed by atoms with E-state index in [4.69, 9.17) is 4.74 Å². The number of aliphatic hydroxyl groups is 1. The fourth-order valence-corrected chi connectivity index (χ4v) is 10.1. The van der Waals surface area contributed by atoms with Crippen LogP contribution in [0.15, 0.2) is 54.1 Å². The summed E-state index contributed by atoms with van der Waals surface area (Å²) in [6.45, 7) is 9.92. The number of thioether (sulfide) groups is 1. The Morgan fingerprint density at radius 3 is 2.40 bits per heavy atom. The predicted molar refractivity (Wildman–Crippen MR) is 160 cm³/mol. The van der Waals surface area contributed by atoms with E-state index >= 15 is 8.78 Å². The van der Waals surface area contributed by atoms with Crippen molar-refractivity contribution in [2.45, 2.75) is 95.5 Å². The highest BCUT2D eigenvalue weighted by molar-refractivity contribution is 8.15. The van der Waals surface area contributed by atoms with Crippen LogP contribution in [-0.2, 0) is 19.1 Å². The van der Waals surface area contributed by atoms with Crippen LogP contribution in [0.4, 0.5) is 8.78 Å². The Hall–Kier alpha value is -2.65. The van der Waals surface area contributed by atoms with E-state index in [9.17, 15) is 24.3 Å². The molecule has 232 valence electrons.